The molecule has 0 aromatic heterocycles. The molecule has 0 amide bonds. The summed E-state index contributed by atoms with van der Waals surface area (Å²) in [5, 5.41) is 10.3. The lowest BCUT2D eigenvalue weighted by atomic mass is 9.33. The molecule has 1 aromatic carbocycles. The number of fused-ring (bicyclic) bond motifs is 2. The molecule has 1 N–H and O–H groups in total. The molecule has 1 aromatic rings. The number of carboxylic acid groups (broad SMARTS) is 1. The summed E-state index contributed by atoms with van der Waals surface area (Å²) >= 11 is 0. The molecule has 2 bridgehead atoms. The summed E-state index contributed by atoms with van der Waals surface area (Å²) in [7, 11) is 0. The van der Waals surface area contributed by atoms with Crippen LogP contribution in [0.1, 0.15) is 88.1 Å². The van der Waals surface area contributed by atoms with Crippen molar-refractivity contribution in [3.05, 3.63) is 47.0 Å². The van der Waals surface area contributed by atoms with Gasteiger partial charge in [0.1, 0.15) is 0 Å². The lowest BCUT2D eigenvalue weighted by Crippen LogP contribution is -2.66. The molecular formula is C30H36O4. The van der Waals surface area contributed by atoms with Gasteiger partial charge in [-0.3, -0.25) is 14.4 Å². The van der Waals surface area contributed by atoms with Gasteiger partial charge in [-0.2, -0.15) is 0 Å². The first-order chi connectivity index (χ1) is 16.1. The van der Waals surface area contributed by atoms with Crippen LogP contribution in [0.4, 0.5) is 0 Å². The standard InChI is InChI=1S/C30H36O4/c1-16(2)20-15-30-13-10-21-28(3,11-7-12-29(21,4)27(33)34)22(30)14-19(20)23-17-8-5-6-9-18(17)25(31)26(32)24(23)30/h5-6,8-9,15-16,19,21-24H,7,10-14H2,1-4H3,(H,33,34). The average molecular weight is 461 g/mol. The molecule has 180 valence electrons. The largest absolute Gasteiger partial charge is 0.481 e. The highest BCUT2D eigenvalue weighted by atomic mass is 16.4. The van der Waals surface area contributed by atoms with E-state index in [-0.39, 0.29) is 52.0 Å². The van der Waals surface area contributed by atoms with Crippen molar-refractivity contribution in [2.24, 2.45) is 45.8 Å². The van der Waals surface area contributed by atoms with Crippen molar-refractivity contribution >= 4 is 17.5 Å². The van der Waals surface area contributed by atoms with Gasteiger partial charge in [0, 0.05) is 22.8 Å². The van der Waals surface area contributed by atoms with Crippen LogP contribution in [0.3, 0.4) is 0 Å². The molecule has 6 aliphatic carbocycles. The van der Waals surface area contributed by atoms with Crippen molar-refractivity contribution in [3.8, 4) is 0 Å². The SMILES string of the molecule is CC(C)C1=CC23CCC4C(C)(C(=O)O)CCCC4(C)C2CC1C1c2ccccc2C(=O)C(=O)C13. The van der Waals surface area contributed by atoms with Crippen molar-refractivity contribution < 1.29 is 19.5 Å². The number of carbonyl (C=O) groups is 3. The van der Waals surface area contributed by atoms with E-state index in [1.54, 1.807) is 0 Å². The fourth-order valence-corrected chi connectivity index (χ4v) is 9.93. The molecule has 7 rings (SSSR count). The number of aliphatic carboxylic acids is 1. The zero-order valence-electron chi connectivity index (χ0n) is 20.8. The van der Waals surface area contributed by atoms with E-state index < -0.39 is 11.4 Å². The van der Waals surface area contributed by atoms with E-state index >= 15 is 0 Å². The molecule has 3 saturated carbocycles. The minimum Gasteiger partial charge on any atom is -0.481 e. The van der Waals surface area contributed by atoms with E-state index in [4.69, 9.17) is 0 Å². The third-order valence-electron chi connectivity index (χ3n) is 11.2. The van der Waals surface area contributed by atoms with Gasteiger partial charge in [-0.1, -0.05) is 63.1 Å². The predicted octanol–water partition coefficient (Wildman–Crippen LogP) is 6.06. The summed E-state index contributed by atoms with van der Waals surface area (Å²) in [5.41, 5.74) is 1.93. The number of hydrogen-bond donors (Lipinski definition) is 1. The maximum absolute atomic E-state index is 13.9. The average Bonchev–Trinajstić information content (AvgIpc) is 2.81. The Kier molecular flexibility index (Phi) is 4.53. The Hall–Kier alpha value is -2.23. The van der Waals surface area contributed by atoms with Crippen LogP contribution in [-0.4, -0.2) is 22.6 Å². The van der Waals surface area contributed by atoms with Crippen molar-refractivity contribution in [3.63, 3.8) is 0 Å². The molecule has 4 nitrogen and oxygen atoms in total. The molecule has 0 heterocycles. The number of carbonyl (C=O) groups excluding carboxylic acids is 2. The minimum atomic E-state index is -0.714. The number of carboxylic acids is 1. The molecule has 4 heteroatoms. The second-order valence-electron chi connectivity index (χ2n) is 12.8. The Morgan fingerprint density at radius 2 is 1.79 bits per heavy atom. The van der Waals surface area contributed by atoms with Crippen LogP contribution >= 0.6 is 0 Å². The molecule has 3 fully saturated rings. The Labute approximate surface area is 202 Å². The zero-order chi connectivity index (χ0) is 24.2. The Morgan fingerprint density at radius 3 is 2.50 bits per heavy atom. The Bertz CT molecular complexity index is 1150. The lowest BCUT2D eigenvalue weighted by Gasteiger charge is -2.70. The molecule has 8 atom stereocenters. The third kappa shape index (κ3) is 2.48. The molecule has 34 heavy (non-hydrogen) atoms. The first-order valence-corrected chi connectivity index (χ1v) is 13.2. The second-order valence-corrected chi connectivity index (χ2v) is 12.8. The summed E-state index contributed by atoms with van der Waals surface area (Å²) in [6, 6.07) is 7.79. The Morgan fingerprint density at radius 1 is 1.06 bits per heavy atom. The van der Waals surface area contributed by atoms with E-state index in [0.29, 0.717) is 11.5 Å². The highest BCUT2D eigenvalue weighted by molar-refractivity contribution is 6.46. The number of hydrogen-bond acceptors (Lipinski definition) is 3. The number of benzene rings is 1. The van der Waals surface area contributed by atoms with Gasteiger partial charge in [-0.15, -0.1) is 0 Å². The fraction of sp³-hybridized carbons (Fsp3) is 0.633. The van der Waals surface area contributed by atoms with Crippen LogP contribution in [-0.2, 0) is 9.59 Å². The van der Waals surface area contributed by atoms with E-state index in [9.17, 15) is 19.5 Å². The predicted molar refractivity (Wildman–Crippen MR) is 129 cm³/mol. The van der Waals surface area contributed by atoms with Gasteiger partial charge in [-0.05, 0) is 73.7 Å². The smallest absolute Gasteiger partial charge is 0.309 e. The van der Waals surface area contributed by atoms with Gasteiger partial charge in [0.2, 0.25) is 11.6 Å². The fourth-order valence-electron chi connectivity index (χ4n) is 9.93. The summed E-state index contributed by atoms with van der Waals surface area (Å²) in [6.07, 6.45) is 7.74. The van der Waals surface area contributed by atoms with Crippen LogP contribution in [0.15, 0.2) is 35.9 Å². The molecule has 1 spiro atoms. The summed E-state index contributed by atoms with van der Waals surface area (Å²) in [4.78, 5) is 39.7. The minimum absolute atomic E-state index is 0.0645. The Balaban J connectivity index is 1.56. The summed E-state index contributed by atoms with van der Waals surface area (Å²) in [6.45, 7) is 8.79. The molecule has 8 unspecified atom stereocenters. The topological polar surface area (TPSA) is 71.4 Å². The first kappa shape index (κ1) is 22.2. The molecule has 0 radical (unpaired) electrons. The molecule has 0 aliphatic heterocycles. The van der Waals surface area contributed by atoms with Crippen LogP contribution < -0.4 is 0 Å². The number of allylic oxidation sites excluding steroid dienone is 2. The lowest BCUT2D eigenvalue weighted by molar-refractivity contribution is -0.192. The van der Waals surface area contributed by atoms with Gasteiger partial charge in [0.25, 0.3) is 0 Å². The van der Waals surface area contributed by atoms with Crippen molar-refractivity contribution in [2.45, 2.75) is 72.1 Å². The van der Waals surface area contributed by atoms with E-state index in [1.807, 2.05) is 25.1 Å². The van der Waals surface area contributed by atoms with Crippen LogP contribution in [0.2, 0.25) is 0 Å². The number of rotatable bonds is 2. The van der Waals surface area contributed by atoms with Gasteiger partial charge in [0.05, 0.1) is 5.41 Å². The van der Waals surface area contributed by atoms with Crippen LogP contribution in [0.5, 0.6) is 0 Å². The third-order valence-corrected chi connectivity index (χ3v) is 11.2. The number of Topliss-reactive ketones (excluding diaryl/α,β-unsaturated/α-hetero) is 2. The van der Waals surface area contributed by atoms with Gasteiger partial charge >= 0.3 is 5.97 Å². The quantitative estimate of drug-likeness (QED) is 0.430. The van der Waals surface area contributed by atoms with E-state index in [1.165, 1.54) is 5.57 Å². The normalized spacial score (nSPS) is 44.6. The highest BCUT2D eigenvalue weighted by Crippen LogP contribution is 2.75. The maximum atomic E-state index is 13.9. The summed E-state index contributed by atoms with van der Waals surface area (Å²) < 4.78 is 0. The molecular weight excluding hydrogens is 424 g/mol. The van der Waals surface area contributed by atoms with Gasteiger partial charge in [-0.25, -0.2) is 0 Å². The highest BCUT2D eigenvalue weighted by Gasteiger charge is 2.71. The monoisotopic (exact) mass is 460 g/mol. The maximum Gasteiger partial charge on any atom is 0.309 e. The second kappa shape index (κ2) is 6.92. The van der Waals surface area contributed by atoms with E-state index in [2.05, 4.69) is 32.9 Å². The number of ketones is 2. The van der Waals surface area contributed by atoms with Crippen molar-refractivity contribution in [2.75, 3.05) is 0 Å². The van der Waals surface area contributed by atoms with Gasteiger partial charge < -0.3 is 5.11 Å². The van der Waals surface area contributed by atoms with E-state index in [0.717, 1.165) is 44.1 Å². The van der Waals surface area contributed by atoms with Crippen LogP contribution in [0.25, 0.3) is 0 Å². The van der Waals surface area contributed by atoms with Crippen molar-refractivity contribution in [1.29, 1.82) is 0 Å². The van der Waals surface area contributed by atoms with Gasteiger partial charge in [0.15, 0.2) is 0 Å². The first-order valence-electron chi connectivity index (χ1n) is 13.2. The van der Waals surface area contributed by atoms with Crippen molar-refractivity contribution in [1.82, 2.24) is 0 Å². The van der Waals surface area contributed by atoms with Crippen LogP contribution in [0, 0.1) is 45.8 Å². The molecule has 6 aliphatic rings. The summed E-state index contributed by atoms with van der Waals surface area (Å²) in [5.74, 6) is -0.445. The zero-order valence-corrected chi connectivity index (χ0v) is 20.8. The molecule has 0 saturated heterocycles.